The first kappa shape index (κ1) is 14.3. The van der Waals surface area contributed by atoms with Gasteiger partial charge in [0.2, 0.25) is 0 Å². The lowest BCUT2D eigenvalue weighted by Crippen LogP contribution is -2.23. The zero-order chi connectivity index (χ0) is 11.8. The first-order valence-electron chi connectivity index (χ1n) is 5.91. The van der Waals surface area contributed by atoms with Gasteiger partial charge in [-0.2, -0.15) is 11.8 Å². The fourth-order valence-electron chi connectivity index (χ4n) is 1.60. The van der Waals surface area contributed by atoms with Gasteiger partial charge in [-0.25, -0.2) is 0 Å². The minimum atomic E-state index is -1.20. The van der Waals surface area contributed by atoms with Crippen LogP contribution in [0.5, 0.6) is 0 Å². The molecule has 1 unspecified atom stereocenters. The summed E-state index contributed by atoms with van der Waals surface area (Å²) in [6.45, 7) is 3.45. The lowest BCUT2D eigenvalue weighted by molar-refractivity contribution is -0.0793. The molecule has 0 radical (unpaired) electrons. The molecule has 0 aromatic heterocycles. The van der Waals surface area contributed by atoms with Crippen molar-refractivity contribution in [3.8, 4) is 0 Å². The quantitative estimate of drug-likeness (QED) is 0.634. The molecule has 0 aromatic rings. The molecule has 0 saturated carbocycles. The summed E-state index contributed by atoms with van der Waals surface area (Å²) in [6.07, 6.45) is 1.69. The highest BCUT2D eigenvalue weighted by molar-refractivity contribution is 7.99. The Hall–Kier alpha value is 0.190. The predicted octanol–water partition coefficient (Wildman–Crippen LogP) is 1.21. The lowest BCUT2D eigenvalue weighted by Gasteiger charge is -2.18. The Balaban J connectivity index is 2.10. The molecule has 0 aromatic carbocycles. The van der Waals surface area contributed by atoms with Gasteiger partial charge in [-0.15, -0.1) is 0 Å². The average Bonchev–Trinajstić information content (AvgIpc) is 2.75. The summed E-state index contributed by atoms with van der Waals surface area (Å²) in [7, 11) is 0. The van der Waals surface area contributed by atoms with Crippen LogP contribution in [0, 0.1) is 5.92 Å². The van der Waals surface area contributed by atoms with Crippen LogP contribution in [0.25, 0.3) is 0 Å². The maximum Gasteiger partial charge on any atom is 0.166 e. The van der Waals surface area contributed by atoms with Crippen LogP contribution in [0.2, 0.25) is 0 Å². The first-order chi connectivity index (χ1) is 7.74. The van der Waals surface area contributed by atoms with Crippen molar-refractivity contribution in [3.05, 3.63) is 0 Å². The molecule has 0 amide bonds. The van der Waals surface area contributed by atoms with Crippen LogP contribution in [-0.2, 0) is 9.47 Å². The van der Waals surface area contributed by atoms with Gasteiger partial charge >= 0.3 is 0 Å². The van der Waals surface area contributed by atoms with Crippen LogP contribution in [0.3, 0.4) is 0 Å². The molecule has 1 aliphatic rings. The van der Waals surface area contributed by atoms with E-state index in [0.29, 0.717) is 13.2 Å². The molecule has 16 heavy (non-hydrogen) atoms. The Morgan fingerprint density at radius 1 is 1.31 bits per heavy atom. The Bertz CT molecular complexity index is 171. The zero-order valence-corrected chi connectivity index (χ0v) is 10.6. The van der Waals surface area contributed by atoms with E-state index in [1.807, 2.05) is 0 Å². The SMILES string of the molecule is CCCCC(CSCC1OCCO1)C(O)O. The van der Waals surface area contributed by atoms with Gasteiger partial charge in [0.25, 0.3) is 0 Å². The third-order valence-electron chi connectivity index (χ3n) is 2.63. The normalized spacial score (nSPS) is 19.5. The number of hydrogen-bond donors (Lipinski definition) is 2. The first-order valence-corrected chi connectivity index (χ1v) is 7.06. The molecule has 1 heterocycles. The van der Waals surface area contributed by atoms with Crippen molar-refractivity contribution in [2.75, 3.05) is 24.7 Å². The summed E-state index contributed by atoms with van der Waals surface area (Å²) < 4.78 is 10.6. The number of ether oxygens (including phenoxy) is 2. The number of hydrogen-bond acceptors (Lipinski definition) is 5. The molecular weight excluding hydrogens is 228 g/mol. The number of aliphatic hydroxyl groups excluding tert-OH is 1. The number of unbranched alkanes of at least 4 members (excludes halogenated alkanes) is 1. The molecule has 1 fully saturated rings. The van der Waals surface area contributed by atoms with Crippen molar-refractivity contribution >= 4 is 11.8 Å². The summed E-state index contributed by atoms with van der Waals surface area (Å²) in [4.78, 5) is 0. The van der Waals surface area contributed by atoms with Gasteiger partial charge in [0.05, 0.1) is 13.2 Å². The molecule has 1 atom stereocenters. The number of aliphatic hydroxyl groups is 2. The fourth-order valence-corrected chi connectivity index (χ4v) is 2.77. The van der Waals surface area contributed by atoms with Gasteiger partial charge in [0, 0.05) is 17.4 Å². The third kappa shape index (κ3) is 5.50. The molecule has 0 aliphatic carbocycles. The monoisotopic (exact) mass is 250 g/mol. The second-order valence-electron chi connectivity index (χ2n) is 4.02. The van der Waals surface area contributed by atoms with Crippen molar-refractivity contribution in [2.45, 2.75) is 38.8 Å². The maximum atomic E-state index is 9.21. The number of thioether (sulfide) groups is 1. The van der Waals surface area contributed by atoms with Crippen LogP contribution in [-0.4, -0.2) is 47.5 Å². The molecule has 0 spiro atoms. The summed E-state index contributed by atoms with van der Waals surface area (Å²) in [6, 6.07) is 0. The summed E-state index contributed by atoms with van der Waals surface area (Å²) in [5, 5.41) is 18.4. The van der Waals surface area contributed by atoms with E-state index in [1.54, 1.807) is 11.8 Å². The van der Waals surface area contributed by atoms with E-state index in [-0.39, 0.29) is 12.2 Å². The maximum absolute atomic E-state index is 9.21. The smallest absolute Gasteiger partial charge is 0.166 e. The van der Waals surface area contributed by atoms with Crippen molar-refractivity contribution in [2.24, 2.45) is 5.92 Å². The Labute approximate surface area is 101 Å². The molecule has 4 nitrogen and oxygen atoms in total. The highest BCUT2D eigenvalue weighted by Crippen LogP contribution is 2.20. The molecule has 0 bridgehead atoms. The van der Waals surface area contributed by atoms with Gasteiger partial charge in [0.15, 0.2) is 12.6 Å². The van der Waals surface area contributed by atoms with E-state index in [0.717, 1.165) is 30.8 Å². The summed E-state index contributed by atoms with van der Waals surface area (Å²) in [5.41, 5.74) is 0. The number of rotatable bonds is 8. The highest BCUT2D eigenvalue weighted by Gasteiger charge is 2.19. The largest absolute Gasteiger partial charge is 0.368 e. The van der Waals surface area contributed by atoms with Gasteiger partial charge in [-0.1, -0.05) is 19.8 Å². The van der Waals surface area contributed by atoms with Gasteiger partial charge in [-0.05, 0) is 6.42 Å². The van der Waals surface area contributed by atoms with E-state index in [2.05, 4.69) is 6.92 Å². The summed E-state index contributed by atoms with van der Waals surface area (Å²) in [5.74, 6) is 1.49. The second-order valence-corrected chi connectivity index (χ2v) is 5.10. The molecule has 1 aliphatic heterocycles. The van der Waals surface area contributed by atoms with Crippen LogP contribution >= 0.6 is 11.8 Å². The minimum Gasteiger partial charge on any atom is -0.368 e. The highest BCUT2D eigenvalue weighted by atomic mass is 32.2. The van der Waals surface area contributed by atoms with Crippen molar-refractivity contribution < 1.29 is 19.7 Å². The molecule has 1 rings (SSSR count). The predicted molar refractivity (Wildman–Crippen MR) is 64.3 cm³/mol. The van der Waals surface area contributed by atoms with E-state index in [1.165, 1.54) is 0 Å². The molecule has 2 N–H and O–H groups in total. The fraction of sp³-hybridized carbons (Fsp3) is 1.00. The lowest BCUT2D eigenvalue weighted by atomic mass is 10.0. The Morgan fingerprint density at radius 2 is 2.00 bits per heavy atom. The van der Waals surface area contributed by atoms with E-state index >= 15 is 0 Å². The molecule has 5 heteroatoms. The second kappa shape index (κ2) is 8.31. The standard InChI is InChI=1S/C11H22O4S/c1-2-3-4-9(11(12)13)7-16-8-10-14-5-6-15-10/h9-13H,2-8H2,1H3. The average molecular weight is 250 g/mol. The van der Waals surface area contributed by atoms with Gasteiger partial charge < -0.3 is 19.7 Å². The van der Waals surface area contributed by atoms with E-state index in [4.69, 9.17) is 9.47 Å². The molecule has 96 valence electrons. The van der Waals surface area contributed by atoms with Crippen LogP contribution in [0.1, 0.15) is 26.2 Å². The van der Waals surface area contributed by atoms with Gasteiger partial charge in [0.1, 0.15) is 0 Å². The van der Waals surface area contributed by atoms with Crippen LogP contribution in [0.15, 0.2) is 0 Å². The zero-order valence-electron chi connectivity index (χ0n) is 9.80. The van der Waals surface area contributed by atoms with Gasteiger partial charge in [-0.3, -0.25) is 0 Å². The topological polar surface area (TPSA) is 58.9 Å². The van der Waals surface area contributed by atoms with Crippen molar-refractivity contribution in [1.29, 1.82) is 0 Å². The van der Waals surface area contributed by atoms with E-state index in [9.17, 15) is 10.2 Å². The summed E-state index contributed by atoms with van der Waals surface area (Å²) >= 11 is 1.67. The Kier molecular flexibility index (Phi) is 7.40. The van der Waals surface area contributed by atoms with Crippen molar-refractivity contribution in [1.82, 2.24) is 0 Å². The van der Waals surface area contributed by atoms with E-state index < -0.39 is 6.29 Å². The molecular formula is C11H22O4S. The Morgan fingerprint density at radius 3 is 2.56 bits per heavy atom. The third-order valence-corrected chi connectivity index (χ3v) is 3.80. The minimum absolute atomic E-state index is 0.0358. The molecule has 1 saturated heterocycles. The van der Waals surface area contributed by atoms with Crippen LogP contribution in [0.4, 0.5) is 0 Å². The van der Waals surface area contributed by atoms with Crippen molar-refractivity contribution in [3.63, 3.8) is 0 Å². The van der Waals surface area contributed by atoms with Crippen LogP contribution < -0.4 is 0 Å².